The van der Waals surface area contributed by atoms with E-state index in [0.717, 1.165) is 18.4 Å². The van der Waals surface area contributed by atoms with Crippen LogP contribution < -0.4 is 11.1 Å². The lowest BCUT2D eigenvalue weighted by molar-refractivity contribution is 0.0958. The average Bonchev–Trinajstić information content (AvgIpc) is 2.26. The predicted molar refractivity (Wildman–Crippen MR) is 62.8 cm³/mol. The lowest BCUT2D eigenvalue weighted by Gasteiger charge is -2.10. The maximum Gasteiger partial charge on any atom is 0.254 e. The molecule has 1 aromatic carbocycles. The van der Waals surface area contributed by atoms with Crippen LogP contribution in [0.4, 0.5) is 5.69 Å². The first-order valence-corrected chi connectivity index (χ1v) is 5.23. The van der Waals surface area contributed by atoms with Gasteiger partial charge in [-0.2, -0.15) is 5.26 Å². The van der Waals surface area contributed by atoms with Crippen molar-refractivity contribution in [3.8, 4) is 6.07 Å². The second kappa shape index (κ2) is 5.76. The van der Waals surface area contributed by atoms with Crippen molar-refractivity contribution in [3.05, 3.63) is 29.3 Å². The number of hydrogen-bond donors (Lipinski definition) is 2. The summed E-state index contributed by atoms with van der Waals surface area (Å²) < 4.78 is 0. The fourth-order valence-corrected chi connectivity index (χ4v) is 1.58. The largest absolute Gasteiger partial charge is 0.398 e. The Hall–Kier alpha value is -2.02. The summed E-state index contributed by atoms with van der Waals surface area (Å²) in [6, 6.07) is 7.29. The smallest absolute Gasteiger partial charge is 0.254 e. The number of nitrogens with one attached hydrogen (secondary N) is 1. The van der Waals surface area contributed by atoms with E-state index in [-0.39, 0.29) is 12.5 Å². The van der Waals surface area contributed by atoms with Crippen molar-refractivity contribution in [2.45, 2.75) is 19.8 Å². The van der Waals surface area contributed by atoms with E-state index in [4.69, 9.17) is 11.0 Å². The van der Waals surface area contributed by atoms with Crippen molar-refractivity contribution >= 4 is 11.6 Å². The third kappa shape index (κ3) is 2.74. The zero-order valence-corrected chi connectivity index (χ0v) is 9.29. The maximum atomic E-state index is 11.8. The maximum absolute atomic E-state index is 11.8. The number of hydrogen-bond acceptors (Lipinski definition) is 3. The normalized spacial score (nSPS) is 9.50. The highest BCUT2D eigenvalue weighted by Gasteiger charge is 2.13. The van der Waals surface area contributed by atoms with Crippen LogP contribution in [-0.2, 0) is 6.42 Å². The molecular formula is C12H15N3O. The second-order valence-electron chi connectivity index (χ2n) is 3.47. The van der Waals surface area contributed by atoms with Crippen molar-refractivity contribution in [2.24, 2.45) is 0 Å². The molecule has 0 spiro atoms. The summed E-state index contributed by atoms with van der Waals surface area (Å²) in [6.07, 6.45) is 1.75. The van der Waals surface area contributed by atoms with Gasteiger partial charge in [-0.1, -0.05) is 25.5 Å². The van der Waals surface area contributed by atoms with Gasteiger partial charge in [-0.25, -0.2) is 0 Å². The Morgan fingerprint density at radius 2 is 2.31 bits per heavy atom. The Bertz CT molecular complexity index is 421. The number of nitrogen functional groups attached to an aromatic ring is 1. The van der Waals surface area contributed by atoms with Crippen LogP contribution in [0.15, 0.2) is 18.2 Å². The molecule has 1 rings (SSSR count). The summed E-state index contributed by atoms with van der Waals surface area (Å²) in [6.45, 7) is 2.04. The van der Waals surface area contributed by atoms with E-state index in [9.17, 15) is 4.79 Å². The van der Waals surface area contributed by atoms with Gasteiger partial charge in [0.2, 0.25) is 0 Å². The molecule has 0 saturated carbocycles. The zero-order valence-electron chi connectivity index (χ0n) is 9.29. The molecule has 3 N–H and O–H groups in total. The molecule has 1 aromatic rings. The zero-order chi connectivity index (χ0) is 12.0. The molecule has 16 heavy (non-hydrogen) atoms. The monoisotopic (exact) mass is 217 g/mol. The molecule has 4 heteroatoms. The van der Waals surface area contributed by atoms with Crippen molar-refractivity contribution < 1.29 is 4.79 Å². The van der Waals surface area contributed by atoms with Gasteiger partial charge < -0.3 is 11.1 Å². The number of nitrogens with two attached hydrogens (primary N) is 1. The first kappa shape index (κ1) is 12.1. The molecule has 4 nitrogen and oxygen atoms in total. The molecule has 0 heterocycles. The SMILES string of the molecule is CCCc1cccc(N)c1C(=O)NCC#N. The molecular weight excluding hydrogens is 202 g/mol. The minimum Gasteiger partial charge on any atom is -0.398 e. The Kier molecular flexibility index (Phi) is 4.34. The van der Waals surface area contributed by atoms with E-state index in [1.807, 2.05) is 25.1 Å². The molecule has 84 valence electrons. The highest BCUT2D eigenvalue weighted by Crippen LogP contribution is 2.18. The molecule has 0 unspecified atom stereocenters. The van der Waals surface area contributed by atoms with Crippen molar-refractivity contribution in [2.75, 3.05) is 12.3 Å². The third-order valence-electron chi connectivity index (χ3n) is 2.26. The molecule has 0 aromatic heterocycles. The van der Waals surface area contributed by atoms with Crippen LogP contribution in [0.2, 0.25) is 0 Å². The Labute approximate surface area is 95.1 Å². The van der Waals surface area contributed by atoms with Crippen LogP contribution >= 0.6 is 0 Å². The first-order chi connectivity index (χ1) is 7.70. The van der Waals surface area contributed by atoms with Gasteiger partial charge in [0.05, 0.1) is 11.6 Å². The highest BCUT2D eigenvalue weighted by molar-refractivity contribution is 6.00. The lowest BCUT2D eigenvalue weighted by atomic mass is 10.0. The quantitative estimate of drug-likeness (QED) is 0.592. The number of nitriles is 1. The number of benzene rings is 1. The summed E-state index contributed by atoms with van der Waals surface area (Å²) >= 11 is 0. The number of carbonyl (C=O) groups excluding carboxylic acids is 1. The Balaban J connectivity index is 3.00. The van der Waals surface area contributed by atoms with Crippen molar-refractivity contribution in [1.29, 1.82) is 5.26 Å². The van der Waals surface area contributed by atoms with Gasteiger partial charge in [-0.05, 0) is 18.1 Å². The summed E-state index contributed by atoms with van der Waals surface area (Å²) in [5, 5.41) is 10.9. The average molecular weight is 217 g/mol. The topological polar surface area (TPSA) is 78.9 Å². The van der Waals surface area contributed by atoms with Crippen molar-refractivity contribution in [3.63, 3.8) is 0 Å². The summed E-state index contributed by atoms with van der Waals surface area (Å²) in [7, 11) is 0. The summed E-state index contributed by atoms with van der Waals surface area (Å²) in [4.78, 5) is 11.8. The van der Waals surface area contributed by atoms with E-state index in [1.165, 1.54) is 0 Å². The number of anilines is 1. The number of nitrogens with zero attached hydrogens (tertiary/aromatic N) is 1. The van der Waals surface area contributed by atoms with Crippen LogP contribution in [0.3, 0.4) is 0 Å². The minimum atomic E-state index is -0.275. The Morgan fingerprint density at radius 1 is 1.56 bits per heavy atom. The molecule has 0 fully saturated rings. The lowest BCUT2D eigenvalue weighted by Crippen LogP contribution is -2.25. The van der Waals surface area contributed by atoms with Crippen molar-refractivity contribution in [1.82, 2.24) is 5.32 Å². The standard InChI is InChI=1S/C12H15N3O/c1-2-4-9-5-3-6-10(14)11(9)12(16)15-8-7-13/h3,5-6H,2,4,8,14H2,1H3,(H,15,16). The fourth-order valence-electron chi connectivity index (χ4n) is 1.58. The van der Waals surface area contributed by atoms with E-state index in [1.54, 1.807) is 6.07 Å². The summed E-state index contributed by atoms with van der Waals surface area (Å²) in [5.74, 6) is -0.275. The van der Waals surface area contributed by atoms with E-state index in [2.05, 4.69) is 5.32 Å². The molecule has 0 aliphatic carbocycles. The van der Waals surface area contributed by atoms with Gasteiger partial charge >= 0.3 is 0 Å². The van der Waals surface area contributed by atoms with E-state index in [0.29, 0.717) is 11.3 Å². The first-order valence-electron chi connectivity index (χ1n) is 5.23. The van der Waals surface area contributed by atoms with Gasteiger partial charge in [0.1, 0.15) is 6.54 Å². The van der Waals surface area contributed by atoms with Gasteiger partial charge in [0.25, 0.3) is 5.91 Å². The minimum absolute atomic E-state index is 0.00126. The molecule has 0 atom stereocenters. The number of aryl methyl sites for hydroxylation is 1. The van der Waals surface area contributed by atoms with E-state index >= 15 is 0 Å². The molecule has 0 saturated heterocycles. The van der Waals surface area contributed by atoms with Crippen LogP contribution in [-0.4, -0.2) is 12.5 Å². The summed E-state index contributed by atoms with van der Waals surface area (Å²) in [5.41, 5.74) is 7.67. The van der Waals surface area contributed by atoms with Crippen LogP contribution in [0.5, 0.6) is 0 Å². The fraction of sp³-hybridized carbons (Fsp3) is 0.333. The molecule has 0 bridgehead atoms. The Morgan fingerprint density at radius 3 is 2.94 bits per heavy atom. The third-order valence-corrected chi connectivity index (χ3v) is 2.26. The van der Waals surface area contributed by atoms with Gasteiger partial charge in [-0.15, -0.1) is 0 Å². The van der Waals surface area contributed by atoms with Crippen LogP contribution in [0.1, 0.15) is 29.3 Å². The molecule has 0 radical (unpaired) electrons. The van der Waals surface area contributed by atoms with Gasteiger partial charge in [0.15, 0.2) is 0 Å². The van der Waals surface area contributed by atoms with Crippen LogP contribution in [0.25, 0.3) is 0 Å². The van der Waals surface area contributed by atoms with Crippen LogP contribution in [0, 0.1) is 11.3 Å². The van der Waals surface area contributed by atoms with Gasteiger partial charge in [0, 0.05) is 5.69 Å². The number of carbonyl (C=O) groups is 1. The van der Waals surface area contributed by atoms with E-state index < -0.39 is 0 Å². The van der Waals surface area contributed by atoms with Gasteiger partial charge in [-0.3, -0.25) is 4.79 Å². The molecule has 0 aliphatic rings. The molecule has 0 aliphatic heterocycles. The second-order valence-corrected chi connectivity index (χ2v) is 3.47. The highest BCUT2D eigenvalue weighted by atomic mass is 16.1. The molecule has 1 amide bonds. The number of amides is 1. The number of rotatable bonds is 4. The predicted octanol–water partition coefficient (Wildman–Crippen LogP) is 1.47.